The third-order valence-electron chi connectivity index (χ3n) is 0.351. The molecule has 0 atom stereocenters. The van der Waals surface area contributed by atoms with E-state index >= 15 is 0 Å². The normalized spacial score (nSPS) is 5.25. The van der Waals surface area contributed by atoms with Crippen LogP contribution < -0.4 is 0 Å². The third-order valence-corrected chi connectivity index (χ3v) is 0.351. The Balaban J connectivity index is 0. The van der Waals surface area contributed by atoms with Crippen LogP contribution in [0.3, 0.4) is 0 Å². The summed E-state index contributed by atoms with van der Waals surface area (Å²) in [5, 5.41) is 0. The van der Waals surface area contributed by atoms with Crippen molar-refractivity contribution in [2.24, 2.45) is 0 Å². The molecule has 0 aliphatic carbocycles. The molecule has 3 heteroatoms. The molecule has 0 aromatic heterocycles. The first kappa shape index (κ1) is 10.5. The Hall–Kier alpha value is -0.461. The van der Waals surface area contributed by atoms with Gasteiger partial charge in [-0.25, -0.2) is 0 Å². The zero-order chi connectivity index (χ0) is 5.54. The van der Waals surface area contributed by atoms with Gasteiger partial charge < -0.3 is 30.3 Å². The third kappa shape index (κ3) is 5.54. The molecule has 0 aliphatic rings. The van der Waals surface area contributed by atoms with Gasteiger partial charge in [-0.3, -0.25) is 0 Å². The van der Waals surface area contributed by atoms with Crippen LogP contribution in [0.1, 0.15) is 0 Å². The molecule has 0 spiro atoms. The average molecular weight is 146 g/mol. The van der Waals surface area contributed by atoms with E-state index in [0.717, 1.165) is 0 Å². The molecule has 1 aromatic rings. The maximum Gasteiger partial charge on any atom is 0 e. The van der Waals surface area contributed by atoms with Gasteiger partial charge in [-0.05, 0) is 0 Å². The Labute approximate surface area is 58.2 Å². The largest absolute Gasteiger partial charge is 0.999 e. The molecule has 0 unspecified atom stereocenters. The minimum atomic E-state index is 0. The van der Waals surface area contributed by atoms with E-state index in [2.05, 4.69) is 24.3 Å². The van der Waals surface area contributed by atoms with Gasteiger partial charge in [0.1, 0.15) is 0 Å². The van der Waals surface area contributed by atoms with E-state index in [1.165, 1.54) is 0 Å². The first-order valence-electron chi connectivity index (χ1n) is 1.51. The monoisotopic (exact) mass is 146 g/mol. The van der Waals surface area contributed by atoms with Crippen LogP contribution in [0.25, 0.3) is 0 Å². The summed E-state index contributed by atoms with van der Waals surface area (Å²) in [6.45, 7) is 0. The summed E-state index contributed by atoms with van der Waals surface area (Å²) in [6.07, 6.45) is 0. The summed E-state index contributed by atoms with van der Waals surface area (Å²) >= 11 is 0. The van der Waals surface area contributed by atoms with Crippen LogP contribution in [-0.2, 0) is 21.8 Å². The van der Waals surface area contributed by atoms with Crippen molar-refractivity contribution in [3.05, 3.63) is 30.3 Å². The second-order valence-electron chi connectivity index (χ2n) is 0.683. The molecule has 0 N–H and O–H groups in total. The standard InChI is InChI=1S/C5H.Mn.NO/c1-2-4-5-3-1;;1-2/h1H;;/q-5;;+1. The summed E-state index contributed by atoms with van der Waals surface area (Å²) in [7, 11) is 0. The smallest absolute Gasteiger partial charge is 0 e. The van der Waals surface area contributed by atoms with Crippen LogP contribution in [0, 0.1) is 29.7 Å². The molecule has 1 radical (unpaired) electrons. The fourth-order valence-electron chi connectivity index (χ4n) is 0.180. The molecule has 0 aliphatic heterocycles. The molecule has 0 bridgehead atoms. The van der Waals surface area contributed by atoms with Crippen molar-refractivity contribution in [3.8, 4) is 0 Å². The Morgan fingerprint density at radius 2 is 1.50 bits per heavy atom. The van der Waals surface area contributed by atoms with Crippen LogP contribution in [-0.4, -0.2) is 0 Å². The Morgan fingerprint density at radius 1 is 1.12 bits per heavy atom. The van der Waals surface area contributed by atoms with Crippen LogP contribution in [0.5, 0.6) is 0 Å². The Morgan fingerprint density at radius 3 is 1.62 bits per heavy atom. The quantitative estimate of drug-likeness (QED) is 0.298. The Kier molecular flexibility index (Phi) is 12.8. The number of hydrogen-bond acceptors (Lipinski definition) is 1. The summed E-state index contributed by atoms with van der Waals surface area (Å²) in [6, 6.07) is 12.0. The van der Waals surface area contributed by atoms with Gasteiger partial charge in [0, 0.05) is 17.1 Å². The molecule has 0 saturated heterocycles. The summed E-state index contributed by atoms with van der Waals surface area (Å²) in [5.41, 5.74) is 5.75. The van der Waals surface area contributed by atoms with Gasteiger partial charge in [0.2, 0.25) is 0 Å². The van der Waals surface area contributed by atoms with E-state index in [1.807, 2.05) is 0 Å². The average Bonchev–Trinajstić information content (AvgIpc) is 2.23. The van der Waals surface area contributed by atoms with E-state index in [-0.39, 0.29) is 17.1 Å². The molecule has 1 rings (SSSR count). The SMILES string of the molecule is N#[O+].[Mn].[c-]1[c-][c-][cH-][c-]1. The van der Waals surface area contributed by atoms with E-state index in [1.54, 1.807) is 6.07 Å². The van der Waals surface area contributed by atoms with E-state index in [4.69, 9.17) is 10.2 Å². The maximum atomic E-state index is 7.25. The van der Waals surface area contributed by atoms with Gasteiger partial charge in [-0.1, -0.05) is 0 Å². The first-order chi connectivity index (χ1) is 3.50. The van der Waals surface area contributed by atoms with Crippen molar-refractivity contribution in [3.63, 3.8) is 0 Å². The number of rotatable bonds is 0. The van der Waals surface area contributed by atoms with Crippen molar-refractivity contribution in [2.75, 3.05) is 0 Å². The molecule has 1 aromatic carbocycles. The second-order valence-corrected chi connectivity index (χ2v) is 0.683. The summed E-state index contributed by atoms with van der Waals surface area (Å²) in [4.78, 5) is 0. The molecule has 0 fully saturated rings. The summed E-state index contributed by atoms with van der Waals surface area (Å²) < 4.78 is 7.25. The van der Waals surface area contributed by atoms with Crippen LogP contribution in [0.2, 0.25) is 0 Å². The minimum Gasteiger partial charge on any atom is -0.999 e. The van der Waals surface area contributed by atoms with Crippen molar-refractivity contribution >= 4 is 0 Å². The van der Waals surface area contributed by atoms with Gasteiger partial charge in [-0.2, -0.15) is 0 Å². The van der Waals surface area contributed by atoms with Gasteiger partial charge in [-0.15, -0.1) is 0 Å². The van der Waals surface area contributed by atoms with Crippen LogP contribution in [0.4, 0.5) is 0 Å². The zero-order valence-corrected chi connectivity index (χ0v) is 4.99. The van der Waals surface area contributed by atoms with Gasteiger partial charge in [0.25, 0.3) is 0 Å². The minimum absolute atomic E-state index is 0. The topological polar surface area (TPSA) is 43.7 Å². The zero-order valence-electron chi connectivity index (χ0n) is 3.81. The molecule has 43 valence electrons. The number of hydrogen-bond donors (Lipinski definition) is 0. The molecule has 0 amide bonds. The predicted octanol–water partition coefficient (Wildman–Crippen LogP) is 0.500. The van der Waals surface area contributed by atoms with Crippen molar-refractivity contribution < 1.29 is 21.8 Å². The van der Waals surface area contributed by atoms with Crippen molar-refractivity contribution in [1.82, 2.24) is 0 Å². The molecule has 0 heterocycles. The molecular weight excluding hydrogens is 145 g/mol. The van der Waals surface area contributed by atoms with E-state index in [0.29, 0.717) is 0 Å². The predicted molar refractivity (Wildman–Crippen MR) is 19.8 cm³/mol. The molecule has 8 heavy (non-hydrogen) atoms. The van der Waals surface area contributed by atoms with Gasteiger partial charge in [0.15, 0.2) is 0 Å². The fraction of sp³-hybridized carbons (Fsp3) is 0. The van der Waals surface area contributed by atoms with E-state index < -0.39 is 0 Å². The van der Waals surface area contributed by atoms with Crippen LogP contribution >= 0.6 is 0 Å². The molecular formula is C5HMnNO-4. The second kappa shape index (κ2) is 9.74. The number of nitrogens with zero attached hydrogens (tertiary/aromatic N) is 1. The molecule has 0 saturated carbocycles. The van der Waals surface area contributed by atoms with Crippen molar-refractivity contribution in [1.29, 1.82) is 5.46 Å². The van der Waals surface area contributed by atoms with Crippen molar-refractivity contribution in [2.45, 2.75) is 0 Å². The molecule has 2 nitrogen and oxygen atoms in total. The fourth-order valence-corrected chi connectivity index (χ4v) is 0.180. The summed E-state index contributed by atoms with van der Waals surface area (Å²) in [5.74, 6) is 0. The Bertz CT molecular complexity index is 96.0. The first-order valence-corrected chi connectivity index (χ1v) is 1.51. The maximum absolute atomic E-state index is 7.25. The van der Waals surface area contributed by atoms with Gasteiger partial charge in [0.05, 0.1) is 0 Å². The van der Waals surface area contributed by atoms with Crippen LogP contribution in [0.15, 0.2) is 6.07 Å². The van der Waals surface area contributed by atoms with E-state index in [9.17, 15) is 0 Å². The van der Waals surface area contributed by atoms with Gasteiger partial charge >= 0.3 is 10.2 Å².